The van der Waals surface area contributed by atoms with Gasteiger partial charge in [-0.15, -0.1) is 0 Å². The fourth-order valence-corrected chi connectivity index (χ4v) is 5.15. The summed E-state index contributed by atoms with van der Waals surface area (Å²) in [6, 6.07) is 28.6. The van der Waals surface area contributed by atoms with Crippen LogP contribution >= 0.6 is 0 Å². The Balaban J connectivity index is 1.49. The lowest BCUT2D eigenvalue weighted by Gasteiger charge is -2.07. The second kappa shape index (κ2) is 9.79. The molecule has 7 rings (SSSR count). The molecule has 5 heterocycles. The Labute approximate surface area is 238 Å². The summed E-state index contributed by atoms with van der Waals surface area (Å²) in [5.41, 5.74) is 7.96. The predicted octanol–water partition coefficient (Wildman–Crippen LogP) is 7.40. The third kappa shape index (κ3) is 4.52. The van der Waals surface area contributed by atoms with Crippen LogP contribution in [-0.2, 0) is 0 Å². The lowest BCUT2D eigenvalue weighted by Crippen LogP contribution is -1.95. The second-order valence-corrected chi connectivity index (χ2v) is 9.75. The van der Waals surface area contributed by atoms with E-state index in [2.05, 4.69) is 0 Å². The first-order chi connectivity index (χ1) is 20.4. The second-order valence-electron chi connectivity index (χ2n) is 9.75. The van der Waals surface area contributed by atoms with Crippen LogP contribution in [0.3, 0.4) is 0 Å². The summed E-state index contributed by atoms with van der Waals surface area (Å²) in [5, 5.41) is 22.4. The molecule has 42 heavy (non-hydrogen) atoms. The van der Waals surface area contributed by atoms with Crippen molar-refractivity contribution in [2.24, 2.45) is 0 Å². The summed E-state index contributed by atoms with van der Waals surface area (Å²) in [6.07, 6.45) is 7.71. The van der Waals surface area contributed by atoms with Gasteiger partial charge in [0, 0.05) is 57.7 Å². The number of hydrogen-bond acceptors (Lipinski definition) is 6. The van der Waals surface area contributed by atoms with Crippen LogP contribution in [0.4, 0.5) is 11.4 Å². The Morgan fingerprint density at radius 1 is 0.452 bits per heavy atom. The minimum absolute atomic E-state index is 0.0215. The summed E-state index contributed by atoms with van der Waals surface area (Å²) in [5.74, 6) is 0. The highest BCUT2D eigenvalue weighted by molar-refractivity contribution is 5.80. The lowest BCUT2D eigenvalue weighted by atomic mass is 10.2. The minimum Gasteiger partial charge on any atom is -0.310 e. The van der Waals surface area contributed by atoms with E-state index in [0.29, 0.717) is 0 Å². The monoisotopic (exact) mass is 552 g/mol. The van der Waals surface area contributed by atoms with Gasteiger partial charge in [0.25, 0.3) is 11.4 Å². The third-order valence-electron chi connectivity index (χ3n) is 7.07. The number of hydrogen-bond donors (Lipinski definition) is 0. The zero-order chi connectivity index (χ0) is 28.8. The minimum atomic E-state index is -0.415. The maximum atomic E-state index is 11.2. The molecule has 0 aliphatic carbocycles. The van der Waals surface area contributed by atoms with Gasteiger partial charge in [-0.2, -0.15) is 0 Å². The largest absolute Gasteiger partial charge is 0.310 e. The topological polar surface area (TPSA) is 122 Å². The lowest BCUT2D eigenvalue weighted by molar-refractivity contribution is -0.385. The highest BCUT2D eigenvalue weighted by atomic mass is 16.6. The first kappa shape index (κ1) is 24.9. The summed E-state index contributed by atoms with van der Waals surface area (Å²) in [7, 11) is 0. The smallest absolute Gasteiger partial charge is 0.269 e. The van der Waals surface area contributed by atoms with E-state index < -0.39 is 9.85 Å². The van der Waals surface area contributed by atoms with Crippen molar-refractivity contribution in [2.45, 2.75) is 0 Å². The Kier molecular flexibility index (Phi) is 5.79. The number of nitrogens with zero attached hydrogens (tertiary/aromatic N) is 6. The zero-order valence-electron chi connectivity index (χ0n) is 21.9. The van der Waals surface area contributed by atoms with Crippen LogP contribution in [0.25, 0.3) is 57.7 Å². The molecule has 2 aromatic carbocycles. The molecule has 0 spiro atoms. The van der Waals surface area contributed by atoms with Crippen molar-refractivity contribution < 1.29 is 9.85 Å². The van der Waals surface area contributed by atoms with Gasteiger partial charge in [-0.25, -0.2) is 9.97 Å². The number of aromatic nitrogens is 4. The molecule has 0 saturated heterocycles. The van der Waals surface area contributed by atoms with E-state index in [1.54, 1.807) is 24.3 Å². The van der Waals surface area contributed by atoms with Crippen LogP contribution in [0.2, 0.25) is 0 Å². The molecule has 10 heteroatoms. The molecule has 2 aliphatic rings. The number of rotatable bonds is 4. The van der Waals surface area contributed by atoms with Gasteiger partial charge in [0.15, 0.2) is 0 Å². The molecule has 0 unspecified atom stereocenters. The number of non-ortho nitro benzene ring substituents is 2. The van der Waals surface area contributed by atoms with Gasteiger partial charge < -0.3 is 9.13 Å². The molecular weight excluding hydrogens is 532 g/mol. The zero-order valence-corrected chi connectivity index (χ0v) is 21.9. The fraction of sp³-hybridized carbons (Fsp3) is 0. The molecule has 5 aromatic rings. The van der Waals surface area contributed by atoms with E-state index in [-0.39, 0.29) is 11.4 Å². The number of benzene rings is 2. The van der Waals surface area contributed by atoms with Crippen molar-refractivity contribution in [3.8, 4) is 11.4 Å². The van der Waals surface area contributed by atoms with Gasteiger partial charge in [-0.3, -0.25) is 20.2 Å². The molecular formula is C32H20N6O4. The molecule has 202 valence electrons. The normalized spacial score (nSPS) is 12.0. The average Bonchev–Trinajstić information content (AvgIpc) is 3.78. The highest BCUT2D eigenvalue weighted by Gasteiger charge is 2.11. The van der Waals surface area contributed by atoms with Crippen molar-refractivity contribution in [1.29, 1.82) is 0 Å². The van der Waals surface area contributed by atoms with Crippen LogP contribution in [0, 0.1) is 20.2 Å². The van der Waals surface area contributed by atoms with Crippen molar-refractivity contribution >= 4 is 57.7 Å². The average molecular weight is 553 g/mol. The quantitative estimate of drug-likeness (QED) is 0.166. The molecule has 0 N–H and O–H groups in total. The number of nitro groups is 2. The SMILES string of the molecule is O=[N+]([O-])c1ccc(-n2c3ccc2cc2nc(cc4ccc(cc5nc(c3)C=C5)n4-c3ccc([N+](=O)[O-])cc3)C=C2)cc1. The van der Waals surface area contributed by atoms with Gasteiger partial charge in [0.05, 0.1) is 32.6 Å². The Morgan fingerprint density at radius 2 is 0.738 bits per heavy atom. The van der Waals surface area contributed by atoms with E-state index in [0.717, 1.165) is 56.2 Å². The van der Waals surface area contributed by atoms with Gasteiger partial charge in [0.1, 0.15) is 0 Å². The van der Waals surface area contributed by atoms with E-state index in [9.17, 15) is 20.2 Å². The van der Waals surface area contributed by atoms with Crippen molar-refractivity contribution in [3.63, 3.8) is 0 Å². The van der Waals surface area contributed by atoms with Crippen LogP contribution in [0.5, 0.6) is 0 Å². The van der Waals surface area contributed by atoms with Crippen LogP contribution in [0.1, 0.15) is 22.8 Å². The van der Waals surface area contributed by atoms with Crippen LogP contribution in [0.15, 0.2) is 97.1 Å². The fourth-order valence-electron chi connectivity index (χ4n) is 5.15. The third-order valence-corrected chi connectivity index (χ3v) is 7.07. The molecule has 0 saturated carbocycles. The van der Waals surface area contributed by atoms with Crippen molar-refractivity contribution in [1.82, 2.24) is 19.1 Å². The summed E-state index contributed by atoms with van der Waals surface area (Å²) in [4.78, 5) is 31.2. The molecule has 10 nitrogen and oxygen atoms in total. The van der Waals surface area contributed by atoms with E-state index >= 15 is 0 Å². The summed E-state index contributed by atoms with van der Waals surface area (Å²) >= 11 is 0. The Bertz CT molecular complexity index is 1900. The van der Waals surface area contributed by atoms with Crippen molar-refractivity contribution in [3.05, 3.63) is 140 Å². The standard InChI is InChI=1S/C32H20N6O4/c39-37(40)27-9-5-25(6-10-27)35-29-13-14-31(35)19-23-3-4-24(34-23)20-32-16-15-30(18-22-2-1-21(17-29)33-22)36(32)26-7-11-28(12-8-26)38(41)42/h1-20H. The Hall–Kier alpha value is -6.16. The van der Waals surface area contributed by atoms with E-state index in [4.69, 9.17) is 9.97 Å². The first-order valence-corrected chi connectivity index (χ1v) is 13.0. The van der Waals surface area contributed by atoms with E-state index in [1.807, 2.05) is 82.0 Å². The first-order valence-electron chi connectivity index (χ1n) is 13.0. The number of fused-ring (bicyclic) bond motifs is 8. The number of nitro benzene ring substituents is 2. The molecule has 3 aromatic heterocycles. The summed E-state index contributed by atoms with van der Waals surface area (Å²) in [6.45, 7) is 0. The molecule has 0 fully saturated rings. The molecule has 8 bridgehead atoms. The summed E-state index contributed by atoms with van der Waals surface area (Å²) < 4.78 is 4.02. The Morgan fingerprint density at radius 3 is 1.00 bits per heavy atom. The van der Waals surface area contributed by atoms with Gasteiger partial charge in [-0.05, 0) is 97.1 Å². The highest BCUT2D eigenvalue weighted by Crippen LogP contribution is 2.26. The molecule has 0 amide bonds. The van der Waals surface area contributed by atoms with Gasteiger partial charge in [0.2, 0.25) is 0 Å². The maximum absolute atomic E-state index is 11.2. The molecule has 2 aliphatic heterocycles. The predicted molar refractivity (Wildman–Crippen MR) is 162 cm³/mol. The molecule has 0 atom stereocenters. The van der Waals surface area contributed by atoms with Gasteiger partial charge >= 0.3 is 0 Å². The molecule has 0 radical (unpaired) electrons. The van der Waals surface area contributed by atoms with E-state index in [1.165, 1.54) is 24.3 Å². The van der Waals surface area contributed by atoms with Crippen molar-refractivity contribution in [2.75, 3.05) is 0 Å². The van der Waals surface area contributed by atoms with Gasteiger partial charge in [-0.1, -0.05) is 0 Å². The van der Waals surface area contributed by atoms with Crippen LogP contribution < -0.4 is 0 Å². The maximum Gasteiger partial charge on any atom is 0.269 e. The van der Waals surface area contributed by atoms with Crippen LogP contribution in [-0.4, -0.2) is 28.9 Å².